The average Bonchev–Trinajstić information content (AvgIpc) is 2.32. The number of ether oxygens (including phenoxy) is 1. The third-order valence-corrected chi connectivity index (χ3v) is 1.72. The summed E-state index contributed by atoms with van der Waals surface area (Å²) in [5.41, 5.74) is 0. The largest absolute Gasteiger partial charge is 0.497 e. The molecule has 0 aromatic rings. The van der Waals surface area contributed by atoms with Crippen LogP contribution >= 0.6 is 0 Å². The molecule has 0 aliphatic carbocycles. The van der Waals surface area contributed by atoms with E-state index in [1.165, 1.54) is 0 Å². The molecule has 2 heteroatoms. The zero-order valence-electron chi connectivity index (χ0n) is 9.61. The monoisotopic (exact) mass is 208 g/mol. The number of rotatable bonds is 4. The summed E-state index contributed by atoms with van der Waals surface area (Å²) in [5.74, 6) is 0.225. The van der Waals surface area contributed by atoms with E-state index in [1.54, 1.807) is 12.3 Å². The lowest BCUT2D eigenvalue weighted by atomic mass is 10.2. The lowest BCUT2D eigenvalue weighted by molar-refractivity contribution is -0.114. The van der Waals surface area contributed by atoms with Crippen molar-refractivity contribution in [2.45, 2.75) is 33.1 Å². The lowest BCUT2D eigenvalue weighted by Crippen LogP contribution is -1.86. The van der Waals surface area contributed by atoms with Crippen LogP contribution in [0.2, 0.25) is 0 Å². The maximum Gasteiger partial charge on any atom is 0.155 e. The van der Waals surface area contributed by atoms with Crippen LogP contribution in [0.25, 0.3) is 0 Å². The third kappa shape index (κ3) is 10.6. The highest BCUT2D eigenvalue weighted by Gasteiger charge is 1.86. The van der Waals surface area contributed by atoms with E-state index in [0.717, 1.165) is 19.4 Å². The zero-order chi connectivity index (χ0) is 11.4. The molecule has 0 saturated carbocycles. The Bertz CT molecular complexity index is 225. The Labute approximate surface area is 92.3 Å². The van der Waals surface area contributed by atoms with Gasteiger partial charge in [0.1, 0.15) is 6.61 Å². The van der Waals surface area contributed by atoms with Crippen LogP contribution in [0.4, 0.5) is 0 Å². The molecule has 0 fully saturated rings. The fourth-order valence-corrected chi connectivity index (χ4v) is 0.845. The van der Waals surface area contributed by atoms with Crippen molar-refractivity contribution in [1.29, 1.82) is 0 Å². The van der Waals surface area contributed by atoms with Gasteiger partial charge in [0.25, 0.3) is 0 Å². The van der Waals surface area contributed by atoms with Gasteiger partial charge in [-0.1, -0.05) is 32.4 Å². The fraction of sp³-hybridized carbons (Fsp3) is 0.462. The van der Waals surface area contributed by atoms with Gasteiger partial charge in [-0.05, 0) is 24.6 Å². The van der Waals surface area contributed by atoms with Gasteiger partial charge in [-0.3, -0.25) is 4.79 Å². The molecule has 1 rings (SSSR count). The smallest absolute Gasteiger partial charge is 0.155 e. The first kappa shape index (κ1) is 13.7. The second kappa shape index (κ2) is 10.8. The number of hydrogen-bond acceptors (Lipinski definition) is 2. The minimum absolute atomic E-state index is 0.225. The number of carbonyl (C=O) groups is 1. The number of ketones is 1. The first-order valence-corrected chi connectivity index (χ1v) is 5.43. The summed E-state index contributed by atoms with van der Waals surface area (Å²) in [6.45, 7) is 4.70. The Balaban J connectivity index is 0.000000280. The minimum atomic E-state index is 0.225. The van der Waals surface area contributed by atoms with E-state index in [-0.39, 0.29) is 5.78 Å². The second-order valence-electron chi connectivity index (χ2n) is 3.10. The number of carbonyl (C=O) groups excluding carboxylic acids is 1. The molecule has 15 heavy (non-hydrogen) atoms. The van der Waals surface area contributed by atoms with Gasteiger partial charge in [0.15, 0.2) is 5.78 Å². The SMILES string of the molecule is C1=CCOC=C1.CCCC=CC(=O)CC. The molecular weight excluding hydrogens is 188 g/mol. The van der Waals surface area contributed by atoms with Crippen molar-refractivity contribution in [1.82, 2.24) is 0 Å². The van der Waals surface area contributed by atoms with Crippen LogP contribution in [0.3, 0.4) is 0 Å². The maximum atomic E-state index is 10.6. The van der Waals surface area contributed by atoms with Gasteiger partial charge in [0, 0.05) is 6.42 Å². The van der Waals surface area contributed by atoms with Crippen molar-refractivity contribution < 1.29 is 9.53 Å². The van der Waals surface area contributed by atoms with Crippen molar-refractivity contribution in [2.75, 3.05) is 6.61 Å². The molecule has 0 spiro atoms. The molecule has 84 valence electrons. The Morgan fingerprint density at radius 3 is 2.53 bits per heavy atom. The Morgan fingerprint density at radius 1 is 1.40 bits per heavy atom. The first-order valence-electron chi connectivity index (χ1n) is 5.43. The van der Waals surface area contributed by atoms with Gasteiger partial charge >= 0.3 is 0 Å². The van der Waals surface area contributed by atoms with Gasteiger partial charge < -0.3 is 4.74 Å². The Hall–Kier alpha value is -1.31. The maximum absolute atomic E-state index is 10.6. The molecule has 0 radical (unpaired) electrons. The molecule has 0 saturated heterocycles. The number of unbranched alkanes of at least 4 members (excludes halogenated alkanes) is 1. The molecular formula is C13H20O2. The van der Waals surface area contributed by atoms with Crippen LogP contribution in [0.5, 0.6) is 0 Å². The number of hydrogen-bond donors (Lipinski definition) is 0. The quantitative estimate of drug-likeness (QED) is 0.662. The number of allylic oxidation sites excluding steroid dienone is 4. The summed E-state index contributed by atoms with van der Waals surface area (Å²) >= 11 is 0. The van der Waals surface area contributed by atoms with Crippen LogP contribution in [0.1, 0.15) is 33.1 Å². The summed E-state index contributed by atoms with van der Waals surface area (Å²) < 4.78 is 4.80. The van der Waals surface area contributed by atoms with Crippen LogP contribution in [-0.4, -0.2) is 12.4 Å². The van der Waals surface area contributed by atoms with Gasteiger partial charge in [-0.25, -0.2) is 0 Å². The van der Waals surface area contributed by atoms with Crippen LogP contribution in [0.15, 0.2) is 36.6 Å². The van der Waals surface area contributed by atoms with Gasteiger partial charge in [0.05, 0.1) is 6.26 Å². The van der Waals surface area contributed by atoms with Gasteiger partial charge in [0.2, 0.25) is 0 Å². The summed E-state index contributed by atoms with van der Waals surface area (Å²) in [6.07, 6.45) is 13.8. The van der Waals surface area contributed by atoms with Crippen molar-refractivity contribution in [2.24, 2.45) is 0 Å². The molecule has 0 bridgehead atoms. The van der Waals surface area contributed by atoms with Gasteiger partial charge in [-0.15, -0.1) is 0 Å². The Morgan fingerprint density at radius 2 is 2.20 bits per heavy atom. The van der Waals surface area contributed by atoms with E-state index in [9.17, 15) is 4.79 Å². The highest BCUT2D eigenvalue weighted by Crippen LogP contribution is 1.90. The predicted molar refractivity (Wildman–Crippen MR) is 63.6 cm³/mol. The summed E-state index contributed by atoms with van der Waals surface area (Å²) in [5, 5.41) is 0. The average molecular weight is 208 g/mol. The van der Waals surface area contributed by atoms with E-state index in [0.29, 0.717) is 6.42 Å². The summed E-state index contributed by atoms with van der Waals surface area (Å²) in [7, 11) is 0. The van der Waals surface area contributed by atoms with Crippen LogP contribution in [-0.2, 0) is 9.53 Å². The van der Waals surface area contributed by atoms with E-state index >= 15 is 0 Å². The summed E-state index contributed by atoms with van der Waals surface area (Å²) in [6, 6.07) is 0. The van der Waals surface area contributed by atoms with Crippen LogP contribution < -0.4 is 0 Å². The molecule has 2 nitrogen and oxygen atoms in total. The predicted octanol–water partition coefficient (Wildman–Crippen LogP) is 3.41. The normalized spacial score (nSPS) is 13.2. The standard InChI is InChI=1S/C8H14O.C5H6O/c1-3-5-6-7-8(9)4-2;1-2-4-6-5-3-1/h6-7H,3-5H2,1-2H3;1-4H,5H2. The highest BCUT2D eigenvalue weighted by atomic mass is 16.5. The van der Waals surface area contributed by atoms with Crippen LogP contribution in [0, 0.1) is 0 Å². The first-order chi connectivity index (χ1) is 7.31. The molecule has 0 unspecified atom stereocenters. The highest BCUT2D eigenvalue weighted by molar-refractivity contribution is 5.89. The third-order valence-electron chi connectivity index (χ3n) is 1.72. The lowest BCUT2D eigenvalue weighted by Gasteiger charge is -1.94. The van der Waals surface area contributed by atoms with E-state index in [2.05, 4.69) is 6.92 Å². The molecule has 1 aliphatic rings. The Kier molecular flexibility index (Phi) is 9.83. The minimum Gasteiger partial charge on any atom is -0.497 e. The fourth-order valence-electron chi connectivity index (χ4n) is 0.845. The summed E-state index contributed by atoms with van der Waals surface area (Å²) in [4.78, 5) is 10.6. The topological polar surface area (TPSA) is 26.3 Å². The van der Waals surface area contributed by atoms with E-state index in [4.69, 9.17) is 4.74 Å². The van der Waals surface area contributed by atoms with Crippen molar-refractivity contribution in [3.63, 3.8) is 0 Å². The molecule has 0 aromatic heterocycles. The van der Waals surface area contributed by atoms with Gasteiger partial charge in [-0.2, -0.15) is 0 Å². The van der Waals surface area contributed by atoms with Crippen molar-refractivity contribution in [3.8, 4) is 0 Å². The molecule has 0 aromatic carbocycles. The van der Waals surface area contributed by atoms with Crippen molar-refractivity contribution in [3.05, 3.63) is 36.6 Å². The molecule has 1 aliphatic heterocycles. The molecule has 0 atom stereocenters. The van der Waals surface area contributed by atoms with Crippen molar-refractivity contribution >= 4 is 5.78 Å². The van der Waals surface area contributed by atoms with E-state index in [1.807, 2.05) is 31.2 Å². The molecule has 0 N–H and O–H groups in total. The van der Waals surface area contributed by atoms with E-state index < -0.39 is 0 Å². The molecule has 0 amide bonds. The molecule has 1 heterocycles. The second-order valence-corrected chi connectivity index (χ2v) is 3.10. The zero-order valence-corrected chi connectivity index (χ0v) is 9.61.